The van der Waals surface area contributed by atoms with E-state index in [1.807, 2.05) is 18.2 Å². The summed E-state index contributed by atoms with van der Waals surface area (Å²) >= 11 is 0. The van der Waals surface area contributed by atoms with Crippen LogP contribution in [-0.4, -0.2) is 27.6 Å². The van der Waals surface area contributed by atoms with Crippen LogP contribution in [0.3, 0.4) is 0 Å². The molecule has 0 spiro atoms. The fourth-order valence-electron chi connectivity index (χ4n) is 10.7. The number of para-hydroxylation sites is 1. The number of benzene rings is 9. The van der Waals surface area contributed by atoms with Crippen molar-refractivity contribution in [3.05, 3.63) is 242 Å². The van der Waals surface area contributed by atoms with Crippen LogP contribution in [0.1, 0.15) is 25.0 Å². The van der Waals surface area contributed by atoms with Crippen molar-refractivity contribution in [3.8, 4) is 51.0 Å². The van der Waals surface area contributed by atoms with E-state index in [9.17, 15) is 0 Å². The molecule has 65 heavy (non-hydrogen) atoms. The third-order valence-corrected chi connectivity index (χ3v) is 18.3. The van der Waals surface area contributed by atoms with Gasteiger partial charge in [-0.25, -0.2) is 15.0 Å². The van der Waals surface area contributed by atoms with E-state index in [-0.39, 0.29) is 5.41 Å². The van der Waals surface area contributed by atoms with Gasteiger partial charge in [-0.15, -0.1) is 0 Å². The molecule has 5 heteroatoms. The molecule has 0 amide bonds. The van der Waals surface area contributed by atoms with Gasteiger partial charge in [-0.05, 0) is 61.2 Å². The van der Waals surface area contributed by atoms with Gasteiger partial charge in [0, 0.05) is 38.6 Å². The summed E-state index contributed by atoms with van der Waals surface area (Å²) < 4.78 is 2.46. The van der Waals surface area contributed by atoms with Gasteiger partial charge >= 0.3 is 0 Å². The summed E-state index contributed by atoms with van der Waals surface area (Å²) in [7, 11) is -2.82. The Labute approximate surface area is 380 Å². The van der Waals surface area contributed by atoms with Crippen LogP contribution in [0.2, 0.25) is 0 Å². The number of fused-ring (bicyclic) bond motifs is 7. The SMILES string of the molecule is CC1(C)c2ccccc2-c2ccc3c4ccccc4n(-c4cccc(-c5nc(-c6ccccc6)nc(-c6cccc([Si](c7ccccc7)(c7ccccc7)c7ccccc7)c6)n5)c4)c3c21. The van der Waals surface area contributed by atoms with Gasteiger partial charge in [-0.1, -0.05) is 226 Å². The smallest absolute Gasteiger partial charge is 0.179 e. The molecule has 0 atom stereocenters. The molecule has 1 aliphatic rings. The first-order valence-corrected chi connectivity index (χ1v) is 24.4. The molecule has 9 aromatic carbocycles. The zero-order valence-electron chi connectivity index (χ0n) is 36.2. The normalized spacial score (nSPS) is 12.9. The third kappa shape index (κ3) is 6.15. The number of aromatic nitrogens is 4. The lowest BCUT2D eigenvalue weighted by Crippen LogP contribution is -2.74. The fraction of sp³-hybridized carbons (Fsp3) is 0.0500. The van der Waals surface area contributed by atoms with Crippen LogP contribution in [0.5, 0.6) is 0 Å². The molecule has 1 aliphatic carbocycles. The van der Waals surface area contributed by atoms with Gasteiger partial charge in [0.1, 0.15) is 0 Å². The van der Waals surface area contributed by atoms with E-state index in [1.165, 1.54) is 64.8 Å². The predicted molar refractivity (Wildman–Crippen MR) is 272 cm³/mol. The Morgan fingerprint density at radius 2 is 0.877 bits per heavy atom. The number of hydrogen-bond acceptors (Lipinski definition) is 3. The largest absolute Gasteiger partial charge is 0.309 e. The standard InChI is InChI=1S/C60H44N4Si/c1-60(2)53-35-17-15-33-49(53)51-37-38-52-50-34-16-18-36-54(50)64(56(52)55(51)60)44-25-19-23-42(39-44)58-61-57(41-21-7-3-8-22-41)62-59(63-58)43-24-20-32-48(40-43)65(45-26-9-4-10-27-45,46-28-11-5-12-29-46)47-30-13-6-14-31-47/h3-40H,1-2H3. The second-order valence-corrected chi connectivity index (χ2v) is 21.4. The molecular formula is C60H44N4Si. The van der Waals surface area contributed by atoms with Crippen LogP contribution >= 0.6 is 0 Å². The number of hydrogen-bond donors (Lipinski definition) is 0. The van der Waals surface area contributed by atoms with Crippen molar-refractivity contribution in [2.45, 2.75) is 19.3 Å². The molecule has 0 N–H and O–H groups in total. The summed E-state index contributed by atoms with van der Waals surface area (Å²) in [4.78, 5) is 15.9. The predicted octanol–water partition coefficient (Wildman–Crippen LogP) is 11.7. The summed E-state index contributed by atoms with van der Waals surface area (Å²) in [5.41, 5.74) is 11.4. The van der Waals surface area contributed by atoms with Crippen molar-refractivity contribution >= 4 is 50.6 Å². The summed E-state index contributed by atoms with van der Waals surface area (Å²) in [6.45, 7) is 4.74. The van der Waals surface area contributed by atoms with Crippen LogP contribution < -0.4 is 20.7 Å². The Bertz CT molecular complexity index is 3470. The van der Waals surface area contributed by atoms with E-state index < -0.39 is 8.07 Å². The van der Waals surface area contributed by atoms with Crippen molar-refractivity contribution in [1.29, 1.82) is 0 Å². The maximum absolute atomic E-state index is 5.38. The quantitative estimate of drug-likeness (QED) is 0.113. The summed E-state index contributed by atoms with van der Waals surface area (Å²) in [6.07, 6.45) is 0. The van der Waals surface area contributed by atoms with Gasteiger partial charge in [0.05, 0.1) is 11.0 Å². The zero-order valence-corrected chi connectivity index (χ0v) is 37.2. The molecule has 12 rings (SSSR count). The average Bonchev–Trinajstić information content (AvgIpc) is 3.83. The molecule has 0 fully saturated rings. The van der Waals surface area contributed by atoms with Gasteiger partial charge in [-0.3, -0.25) is 0 Å². The highest BCUT2D eigenvalue weighted by Crippen LogP contribution is 2.53. The van der Waals surface area contributed by atoms with Gasteiger partial charge in [0.2, 0.25) is 0 Å². The lowest BCUT2D eigenvalue weighted by Gasteiger charge is -2.34. The van der Waals surface area contributed by atoms with Crippen LogP contribution in [0.4, 0.5) is 0 Å². The molecule has 2 heterocycles. The Morgan fingerprint density at radius 3 is 1.52 bits per heavy atom. The van der Waals surface area contributed by atoms with Crippen LogP contribution in [0.15, 0.2) is 231 Å². The zero-order chi connectivity index (χ0) is 43.5. The van der Waals surface area contributed by atoms with E-state index in [1.54, 1.807) is 0 Å². The first-order valence-electron chi connectivity index (χ1n) is 22.4. The van der Waals surface area contributed by atoms with Gasteiger partial charge in [0.15, 0.2) is 25.5 Å². The monoisotopic (exact) mass is 848 g/mol. The Kier molecular flexibility index (Phi) is 9.14. The van der Waals surface area contributed by atoms with E-state index in [0.29, 0.717) is 17.5 Å². The molecule has 0 radical (unpaired) electrons. The molecule has 308 valence electrons. The van der Waals surface area contributed by atoms with Crippen LogP contribution in [0, 0.1) is 0 Å². The van der Waals surface area contributed by atoms with E-state index >= 15 is 0 Å². The average molecular weight is 849 g/mol. The van der Waals surface area contributed by atoms with Crippen molar-refractivity contribution in [1.82, 2.24) is 19.5 Å². The molecule has 0 saturated heterocycles. The fourth-order valence-corrected chi connectivity index (χ4v) is 15.5. The van der Waals surface area contributed by atoms with Gasteiger partial charge in [-0.2, -0.15) is 0 Å². The van der Waals surface area contributed by atoms with Crippen molar-refractivity contribution in [2.24, 2.45) is 0 Å². The summed E-state index contributed by atoms with van der Waals surface area (Å²) in [5, 5.41) is 7.69. The van der Waals surface area contributed by atoms with E-state index in [2.05, 4.69) is 231 Å². The summed E-state index contributed by atoms with van der Waals surface area (Å²) in [5.74, 6) is 1.89. The minimum atomic E-state index is -2.82. The third-order valence-electron chi connectivity index (χ3n) is 13.6. The van der Waals surface area contributed by atoms with E-state index in [4.69, 9.17) is 15.0 Å². The minimum Gasteiger partial charge on any atom is -0.309 e. The minimum absolute atomic E-state index is 0.195. The van der Waals surface area contributed by atoms with Crippen molar-refractivity contribution in [2.75, 3.05) is 0 Å². The first kappa shape index (κ1) is 38.7. The molecule has 4 nitrogen and oxygen atoms in total. The highest BCUT2D eigenvalue weighted by Gasteiger charge is 2.42. The topological polar surface area (TPSA) is 43.6 Å². The van der Waals surface area contributed by atoms with Crippen LogP contribution in [0.25, 0.3) is 72.8 Å². The molecule has 0 bridgehead atoms. The Morgan fingerprint density at radius 1 is 0.385 bits per heavy atom. The molecule has 0 aliphatic heterocycles. The number of rotatable bonds is 8. The second kappa shape index (κ2) is 15.4. The molecule has 0 unspecified atom stereocenters. The molecular weight excluding hydrogens is 805 g/mol. The van der Waals surface area contributed by atoms with Crippen LogP contribution in [-0.2, 0) is 5.41 Å². The van der Waals surface area contributed by atoms with Crippen molar-refractivity contribution in [3.63, 3.8) is 0 Å². The maximum Gasteiger partial charge on any atom is 0.179 e. The lowest BCUT2D eigenvalue weighted by molar-refractivity contribution is 0.664. The number of nitrogens with zero attached hydrogens (tertiary/aromatic N) is 4. The highest BCUT2D eigenvalue weighted by atomic mass is 28.3. The van der Waals surface area contributed by atoms with E-state index in [0.717, 1.165) is 22.4 Å². The Hall–Kier alpha value is -7.99. The Balaban J connectivity index is 1.06. The summed E-state index contributed by atoms with van der Waals surface area (Å²) in [6, 6.07) is 83.4. The lowest BCUT2D eigenvalue weighted by atomic mass is 9.81. The molecule has 0 saturated carbocycles. The first-order chi connectivity index (χ1) is 32.0. The second-order valence-electron chi connectivity index (χ2n) is 17.6. The molecule has 11 aromatic rings. The molecule has 2 aromatic heterocycles. The van der Waals surface area contributed by atoms with Gasteiger partial charge in [0.25, 0.3) is 0 Å². The highest BCUT2D eigenvalue weighted by molar-refractivity contribution is 7.19. The van der Waals surface area contributed by atoms with Gasteiger partial charge < -0.3 is 4.57 Å². The maximum atomic E-state index is 5.38. The van der Waals surface area contributed by atoms with Crippen molar-refractivity contribution < 1.29 is 0 Å².